The van der Waals surface area contributed by atoms with Gasteiger partial charge >= 0.3 is 0 Å². The molecule has 2 amide bonds. The zero-order chi connectivity index (χ0) is 22.4. The van der Waals surface area contributed by atoms with Crippen LogP contribution in [0.25, 0.3) is 0 Å². The van der Waals surface area contributed by atoms with Crippen molar-refractivity contribution in [2.45, 2.75) is 12.1 Å². The number of ether oxygens (including phenoxy) is 1. The molecule has 0 aromatic heterocycles. The van der Waals surface area contributed by atoms with E-state index < -0.39 is 24.0 Å². The molecule has 0 radical (unpaired) electrons. The molecule has 2 heterocycles. The van der Waals surface area contributed by atoms with Crippen LogP contribution in [0, 0.1) is 5.92 Å². The molecule has 2 saturated heterocycles. The van der Waals surface area contributed by atoms with Crippen molar-refractivity contribution in [3.8, 4) is 5.75 Å². The summed E-state index contributed by atoms with van der Waals surface area (Å²) in [5.41, 5.74) is 1.96. The van der Waals surface area contributed by atoms with Gasteiger partial charge < -0.3 is 4.74 Å². The van der Waals surface area contributed by atoms with Crippen molar-refractivity contribution >= 4 is 50.7 Å². The van der Waals surface area contributed by atoms with Gasteiger partial charge in [0.2, 0.25) is 5.91 Å². The van der Waals surface area contributed by atoms with Gasteiger partial charge in [-0.15, -0.1) is 0 Å². The van der Waals surface area contributed by atoms with Crippen LogP contribution in [0.5, 0.6) is 5.75 Å². The van der Waals surface area contributed by atoms with Gasteiger partial charge in [0, 0.05) is 15.1 Å². The molecule has 3 atom stereocenters. The zero-order valence-electron chi connectivity index (χ0n) is 16.9. The molecule has 2 aliphatic heterocycles. The number of rotatable bonds is 4. The largest absolute Gasteiger partial charge is 0.496 e. The van der Waals surface area contributed by atoms with E-state index in [9.17, 15) is 9.59 Å². The fourth-order valence-electron chi connectivity index (χ4n) is 4.31. The lowest BCUT2D eigenvalue weighted by atomic mass is 9.90. The minimum atomic E-state index is -0.952. The summed E-state index contributed by atoms with van der Waals surface area (Å²) in [6, 6.07) is 21.1. The van der Waals surface area contributed by atoms with Crippen LogP contribution in [0.4, 0.5) is 11.4 Å². The number of para-hydroxylation sites is 1. The molecule has 0 bridgehead atoms. The number of benzene rings is 3. The van der Waals surface area contributed by atoms with Crippen LogP contribution >= 0.6 is 27.5 Å². The quantitative estimate of drug-likeness (QED) is 0.451. The first kappa shape index (κ1) is 21.0. The monoisotopic (exact) mass is 512 g/mol. The van der Waals surface area contributed by atoms with Crippen LogP contribution in [0.15, 0.2) is 77.3 Å². The Labute approximate surface area is 198 Å². The molecule has 3 unspecified atom stereocenters. The third-order valence-electron chi connectivity index (χ3n) is 5.72. The van der Waals surface area contributed by atoms with Crippen LogP contribution in [0.2, 0.25) is 5.02 Å². The van der Waals surface area contributed by atoms with Crippen molar-refractivity contribution in [1.82, 2.24) is 0 Å². The van der Waals surface area contributed by atoms with Gasteiger partial charge in [-0.3, -0.25) is 14.4 Å². The molecule has 3 aromatic rings. The van der Waals surface area contributed by atoms with Crippen molar-refractivity contribution in [3.63, 3.8) is 0 Å². The number of hydroxylamine groups is 1. The number of carbonyl (C=O) groups excluding carboxylic acids is 2. The van der Waals surface area contributed by atoms with E-state index >= 15 is 0 Å². The number of hydrogen-bond acceptors (Lipinski definition) is 5. The average Bonchev–Trinajstić information content (AvgIpc) is 3.31. The van der Waals surface area contributed by atoms with Gasteiger partial charge in [-0.2, -0.15) is 0 Å². The van der Waals surface area contributed by atoms with Gasteiger partial charge in [0.1, 0.15) is 11.7 Å². The van der Waals surface area contributed by atoms with E-state index in [0.29, 0.717) is 16.5 Å². The highest BCUT2D eigenvalue weighted by Gasteiger charge is 2.60. The van der Waals surface area contributed by atoms with Crippen LogP contribution in [-0.4, -0.2) is 25.0 Å². The molecular weight excluding hydrogens is 496 g/mol. The van der Waals surface area contributed by atoms with Crippen molar-refractivity contribution in [1.29, 1.82) is 0 Å². The third-order valence-corrected chi connectivity index (χ3v) is 6.47. The number of hydrogen-bond donors (Lipinski definition) is 0. The second-order valence-corrected chi connectivity index (χ2v) is 8.88. The number of anilines is 2. The Bertz CT molecular complexity index is 1190. The van der Waals surface area contributed by atoms with E-state index in [1.807, 2.05) is 48.5 Å². The van der Waals surface area contributed by atoms with Gasteiger partial charge in [-0.25, -0.2) is 9.96 Å². The Morgan fingerprint density at radius 3 is 2.34 bits per heavy atom. The van der Waals surface area contributed by atoms with Crippen LogP contribution < -0.4 is 14.7 Å². The average molecular weight is 514 g/mol. The number of methoxy groups -OCH3 is 1. The van der Waals surface area contributed by atoms with Crippen LogP contribution in [0.1, 0.15) is 11.6 Å². The maximum absolute atomic E-state index is 13.6. The molecule has 0 spiro atoms. The number of fused-ring (bicyclic) bond motifs is 1. The maximum atomic E-state index is 13.6. The Kier molecular flexibility index (Phi) is 5.41. The summed E-state index contributed by atoms with van der Waals surface area (Å²) in [4.78, 5) is 34.3. The number of halogens is 2. The van der Waals surface area contributed by atoms with Gasteiger partial charge in [0.15, 0.2) is 6.10 Å². The highest BCUT2D eigenvalue weighted by molar-refractivity contribution is 9.10. The Morgan fingerprint density at radius 1 is 0.938 bits per heavy atom. The maximum Gasteiger partial charge on any atom is 0.266 e. The third kappa shape index (κ3) is 3.37. The summed E-state index contributed by atoms with van der Waals surface area (Å²) in [6.45, 7) is 0. The lowest BCUT2D eigenvalue weighted by Gasteiger charge is -2.29. The summed E-state index contributed by atoms with van der Waals surface area (Å²) in [6.07, 6.45) is -0.952. The summed E-state index contributed by atoms with van der Waals surface area (Å²) in [5, 5.41) is 2.17. The SMILES string of the molecule is COc1ccc(Br)cc1C1C2C(=O)N(c3ccc(Cl)cc3)C(=O)C2ON1c1ccccc1. The summed E-state index contributed by atoms with van der Waals surface area (Å²) in [5.74, 6) is -0.873. The fourth-order valence-corrected chi connectivity index (χ4v) is 4.81. The molecule has 5 rings (SSSR count). The van der Waals surface area contributed by atoms with Crippen molar-refractivity contribution in [2.75, 3.05) is 17.1 Å². The van der Waals surface area contributed by atoms with E-state index in [1.165, 1.54) is 4.90 Å². The molecule has 0 aliphatic carbocycles. The van der Waals surface area contributed by atoms with Gasteiger partial charge in [0.05, 0.1) is 24.5 Å². The standard InChI is InChI=1S/C24H18BrClN2O4/c1-31-19-12-7-14(25)13-18(19)21-20-22(32-28(21)17-5-3-2-4-6-17)24(30)27(23(20)29)16-10-8-15(26)9-11-16/h2-13,20-22H,1H3. The van der Waals surface area contributed by atoms with Crippen molar-refractivity contribution < 1.29 is 19.2 Å². The van der Waals surface area contributed by atoms with E-state index in [0.717, 1.165) is 15.7 Å². The first-order valence-electron chi connectivity index (χ1n) is 9.97. The van der Waals surface area contributed by atoms with Gasteiger partial charge in [0.25, 0.3) is 5.91 Å². The first-order valence-corrected chi connectivity index (χ1v) is 11.1. The predicted octanol–water partition coefficient (Wildman–Crippen LogP) is 5.16. The second kappa shape index (κ2) is 8.24. The van der Waals surface area contributed by atoms with Crippen molar-refractivity contribution in [3.05, 3.63) is 87.9 Å². The highest BCUT2D eigenvalue weighted by Crippen LogP contribution is 2.49. The molecular formula is C24H18BrClN2O4. The number of amides is 2. The first-order chi connectivity index (χ1) is 15.5. The summed E-state index contributed by atoms with van der Waals surface area (Å²) < 4.78 is 6.43. The molecule has 6 nitrogen and oxygen atoms in total. The molecule has 2 aliphatic rings. The molecule has 3 aromatic carbocycles. The van der Waals surface area contributed by atoms with Crippen molar-refractivity contribution in [2.24, 2.45) is 5.92 Å². The lowest BCUT2D eigenvalue weighted by molar-refractivity contribution is -0.126. The molecule has 2 fully saturated rings. The molecule has 0 saturated carbocycles. The smallest absolute Gasteiger partial charge is 0.266 e. The predicted molar refractivity (Wildman–Crippen MR) is 125 cm³/mol. The van der Waals surface area contributed by atoms with Gasteiger partial charge in [-0.1, -0.05) is 45.7 Å². The minimum absolute atomic E-state index is 0.326. The van der Waals surface area contributed by atoms with E-state index in [-0.39, 0.29) is 5.91 Å². The normalized spacial score (nSPS) is 22.4. The van der Waals surface area contributed by atoms with Crippen LogP contribution in [-0.2, 0) is 14.4 Å². The van der Waals surface area contributed by atoms with E-state index in [4.69, 9.17) is 21.2 Å². The Balaban J connectivity index is 1.63. The number of nitrogens with zero attached hydrogens (tertiary/aromatic N) is 2. The number of imide groups is 1. The van der Waals surface area contributed by atoms with Crippen LogP contribution in [0.3, 0.4) is 0 Å². The lowest BCUT2D eigenvalue weighted by Crippen LogP contribution is -2.37. The molecule has 0 N–H and O–H groups in total. The second-order valence-electron chi connectivity index (χ2n) is 7.53. The number of carbonyl (C=O) groups is 2. The minimum Gasteiger partial charge on any atom is -0.496 e. The van der Waals surface area contributed by atoms with E-state index in [2.05, 4.69) is 15.9 Å². The van der Waals surface area contributed by atoms with Gasteiger partial charge in [-0.05, 0) is 54.6 Å². The highest BCUT2D eigenvalue weighted by atomic mass is 79.9. The fraction of sp³-hybridized carbons (Fsp3) is 0.167. The summed E-state index contributed by atoms with van der Waals surface area (Å²) >= 11 is 9.50. The molecule has 162 valence electrons. The Morgan fingerprint density at radius 2 is 1.66 bits per heavy atom. The Hall–Kier alpha value is -2.87. The van der Waals surface area contributed by atoms with E-state index in [1.54, 1.807) is 36.4 Å². The topological polar surface area (TPSA) is 59.1 Å². The molecule has 8 heteroatoms. The molecule has 32 heavy (non-hydrogen) atoms. The zero-order valence-corrected chi connectivity index (χ0v) is 19.3. The summed E-state index contributed by atoms with van der Waals surface area (Å²) in [7, 11) is 1.58.